The molecule has 3 aromatic rings. The molecule has 5 nitrogen and oxygen atoms in total. The fraction of sp³-hybridized carbons (Fsp3) is 0.355. The number of carbonyl (C=O) groups is 2. The summed E-state index contributed by atoms with van der Waals surface area (Å²) < 4.78 is 10.7. The second-order valence-electron chi connectivity index (χ2n) is 10.2. The SMILES string of the molecule is COc1ccccc1C(=O)CSC1(SCc2ccc(C)c3ccccc23)C=CC(OCC(=O)O)C(C)(C)C1. The first-order valence-electron chi connectivity index (χ1n) is 12.6. The highest BCUT2D eigenvalue weighted by Crippen LogP contribution is 2.53. The number of ketones is 1. The van der Waals surface area contributed by atoms with Crippen LogP contribution in [0.5, 0.6) is 5.75 Å². The van der Waals surface area contributed by atoms with E-state index in [0.717, 1.165) is 12.2 Å². The first-order valence-corrected chi connectivity index (χ1v) is 14.6. The van der Waals surface area contributed by atoms with E-state index in [-0.39, 0.29) is 23.9 Å². The zero-order valence-electron chi connectivity index (χ0n) is 22.2. The molecule has 0 aromatic heterocycles. The lowest BCUT2D eigenvalue weighted by Gasteiger charge is -2.44. The number of para-hydroxylation sites is 1. The number of Topliss-reactive ketones (excluding diaryl/α,β-unsaturated/α-hetero) is 1. The molecule has 7 heteroatoms. The van der Waals surface area contributed by atoms with Crippen molar-refractivity contribution in [3.8, 4) is 5.75 Å². The van der Waals surface area contributed by atoms with Gasteiger partial charge in [-0.1, -0.05) is 74.5 Å². The van der Waals surface area contributed by atoms with E-state index in [1.54, 1.807) is 31.0 Å². The zero-order valence-corrected chi connectivity index (χ0v) is 23.9. The minimum Gasteiger partial charge on any atom is -0.496 e. The van der Waals surface area contributed by atoms with Gasteiger partial charge in [-0.25, -0.2) is 4.79 Å². The summed E-state index contributed by atoms with van der Waals surface area (Å²) in [5.41, 5.74) is 2.75. The molecule has 2 atom stereocenters. The molecule has 4 rings (SSSR count). The van der Waals surface area contributed by atoms with E-state index < -0.39 is 10.0 Å². The molecule has 1 N–H and O–H groups in total. The van der Waals surface area contributed by atoms with Crippen molar-refractivity contribution >= 4 is 46.0 Å². The van der Waals surface area contributed by atoms with E-state index in [1.807, 2.05) is 30.0 Å². The number of carboxylic acids is 1. The van der Waals surface area contributed by atoms with Crippen LogP contribution < -0.4 is 4.74 Å². The molecule has 200 valence electrons. The Labute approximate surface area is 233 Å². The number of aryl methyl sites for hydroxylation is 1. The maximum absolute atomic E-state index is 13.3. The van der Waals surface area contributed by atoms with Crippen molar-refractivity contribution in [1.82, 2.24) is 0 Å². The van der Waals surface area contributed by atoms with Crippen molar-refractivity contribution in [1.29, 1.82) is 0 Å². The van der Waals surface area contributed by atoms with Gasteiger partial charge in [0.25, 0.3) is 0 Å². The molecular formula is C31H34O5S2. The molecule has 0 heterocycles. The quantitative estimate of drug-likeness (QED) is 0.154. The minimum atomic E-state index is -0.983. The average Bonchev–Trinajstić information content (AvgIpc) is 2.90. The number of thioether (sulfide) groups is 2. The van der Waals surface area contributed by atoms with Gasteiger partial charge in [-0.15, -0.1) is 23.5 Å². The monoisotopic (exact) mass is 550 g/mol. The Bertz CT molecular complexity index is 1350. The van der Waals surface area contributed by atoms with Gasteiger partial charge in [0.1, 0.15) is 12.4 Å². The van der Waals surface area contributed by atoms with Crippen molar-refractivity contribution < 1.29 is 24.2 Å². The number of carbonyl (C=O) groups excluding carboxylic acids is 1. The summed E-state index contributed by atoms with van der Waals surface area (Å²) in [6.07, 6.45) is 4.50. The molecule has 2 unspecified atom stereocenters. The van der Waals surface area contributed by atoms with Crippen LogP contribution in [0.15, 0.2) is 72.8 Å². The summed E-state index contributed by atoms with van der Waals surface area (Å²) in [5.74, 6) is 0.681. The van der Waals surface area contributed by atoms with Crippen LogP contribution in [0.25, 0.3) is 10.8 Å². The highest BCUT2D eigenvalue weighted by atomic mass is 32.2. The summed E-state index contributed by atoms with van der Waals surface area (Å²) in [5, 5.41) is 11.6. The molecule has 1 aliphatic rings. The van der Waals surface area contributed by atoms with E-state index in [1.165, 1.54) is 21.9 Å². The minimum absolute atomic E-state index is 0.0173. The third kappa shape index (κ3) is 6.45. The normalized spacial score (nSPS) is 20.4. The molecular weight excluding hydrogens is 516 g/mol. The van der Waals surface area contributed by atoms with Crippen molar-refractivity contribution in [2.24, 2.45) is 5.41 Å². The molecule has 1 aliphatic carbocycles. The first-order chi connectivity index (χ1) is 18.1. The maximum atomic E-state index is 13.3. The van der Waals surface area contributed by atoms with E-state index in [9.17, 15) is 9.59 Å². The third-order valence-corrected chi connectivity index (χ3v) is 10.0. The molecule has 0 spiro atoms. The molecule has 0 radical (unpaired) electrons. The summed E-state index contributed by atoms with van der Waals surface area (Å²) in [6, 6.07) is 20.1. The Balaban J connectivity index is 1.61. The number of methoxy groups -OCH3 is 1. The Morgan fingerprint density at radius 2 is 1.71 bits per heavy atom. The van der Waals surface area contributed by atoms with E-state index in [2.05, 4.69) is 63.2 Å². The first kappa shape index (κ1) is 28.3. The maximum Gasteiger partial charge on any atom is 0.329 e. The Hall–Kier alpha value is -2.74. The van der Waals surface area contributed by atoms with Crippen LogP contribution in [0.4, 0.5) is 0 Å². The predicted octanol–water partition coefficient (Wildman–Crippen LogP) is 7.16. The molecule has 0 fully saturated rings. The smallest absolute Gasteiger partial charge is 0.329 e. The fourth-order valence-electron chi connectivity index (χ4n) is 4.95. The number of fused-ring (bicyclic) bond motifs is 1. The summed E-state index contributed by atoms with van der Waals surface area (Å²) >= 11 is 3.44. The number of benzene rings is 3. The molecule has 0 bridgehead atoms. The van der Waals surface area contributed by atoms with Crippen LogP contribution >= 0.6 is 23.5 Å². The van der Waals surface area contributed by atoms with Crippen molar-refractivity contribution in [3.63, 3.8) is 0 Å². The number of aliphatic carboxylic acids is 1. The topological polar surface area (TPSA) is 72.8 Å². The second kappa shape index (κ2) is 12.0. The molecule has 0 aliphatic heterocycles. The molecule has 0 amide bonds. The number of rotatable bonds is 11. The summed E-state index contributed by atoms with van der Waals surface area (Å²) in [4.78, 5) is 24.4. The Morgan fingerprint density at radius 1 is 1.00 bits per heavy atom. The van der Waals surface area contributed by atoms with Crippen LogP contribution in [0.2, 0.25) is 0 Å². The van der Waals surface area contributed by atoms with Crippen LogP contribution in [-0.4, -0.2) is 46.5 Å². The fourth-order valence-corrected chi connectivity index (χ4v) is 8.12. The van der Waals surface area contributed by atoms with Gasteiger partial charge in [0.2, 0.25) is 0 Å². The van der Waals surface area contributed by atoms with Crippen molar-refractivity contribution in [2.45, 2.75) is 43.1 Å². The van der Waals surface area contributed by atoms with Gasteiger partial charge in [0, 0.05) is 5.75 Å². The van der Waals surface area contributed by atoms with Gasteiger partial charge in [-0.2, -0.15) is 0 Å². The zero-order chi connectivity index (χ0) is 27.3. The standard InChI is InChI=1S/C31H34O5S2/c1-21-13-14-22(24-10-6-5-9-23(21)24)18-37-31(16-15-28(30(2,3)20-31)36-17-29(33)34)38-19-26(32)25-11-7-8-12-27(25)35-4/h5-16,28H,17-20H2,1-4H3,(H,33,34). The van der Waals surface area contributed by atoms with Gasteiger partial charge in [-0.3, -0.25) is 4.79 Å². The van der Waals surface area contributed by atoms with Crippen LogP contribution in [-0.2, 0) is 15.3 Å². The number of hydrogen-bond acceptors (Lipinski definition) is 6. The van der Waals surface area contributed by atoms with Gasteiger partial charge in [0.05, 0.1) is 28.6 Å². The second-order valence-corrected chi connectivity index (χ2v) is 13.1. The predicted molar refractivity (Wildman–Crippen MR) is 157 cm³/mol. The van der Waals surface area contributed by atoms with Crippen LogP contribution in [0.1, 0.15) is 41.8 Å². The lowest BCUT2D eigenvalue weighted by atomic mass is 9.78. The lowest BCUT2D eigenvalue weighted by Crippen LogP contribution is -2.42. The largest absolute Gasteiger partial charge is 0.496 e. The summed E-state index contributed by atoms with van der Waals surface area (Å²) in [6.45, 7) is 5.99. The number of carboxylic acid groups (broad SMARTS) is 1. The van der Waals surface area contributed by atoms with Crippen LogP contribution in [0, 0.1) is 12.3 Å². The lowest BCUT2D eigenvalue weighted by molar-refractivity contribution is -0.145. The molecule has 3 aromatic carbocycles. The van der Waals surface area contributed by atoms with Gasteiger partial charge < -0.3 is 14.6 Å². The Kier molecular flexibility index (Phi) is 8.91. The molecule has 0 saturated heterocycles. The Morgan fingerprint density at radius 3 is 2.42 bits per heavy atom. The third-order valence-electron chi connectivity index (χ3n) is 6.94. The van der Waals surface area contributed by atoms with E-state index in [0.29, 0.717) is 17.1 Å². The van der Waals surface area contributed by atoms with Crippen molar-refractivity contribution in [3.05, 3.63) is 89.5 Å². The summed E-state index contributed by atoms with van der Waals surface area (Å²) in [7, 11) is 1.58. The number of ether oxygens (including phenoxy) is 2. The van der Waals surface area contributed by atoms with Crippen LogP contribution in [0.3, 0.4) is 0 Å². The van der Waals surface area contributed by atoms with Gasteiger partial charge in [0.15, 0.2) is 5.78 Å². The highest BCUT2D eigenvalue weighted by molar-refractivity contribution is 8.18. The van der Waals surface area contributed by atoms with E-state index in [4.69, 9.17) is 14.6 Å². The number of hydrogen-bond donors (Lipinski definition) is 1. The van der Waals surface area contributed by atoms with Gasteiger partial charge >= 0.3 is 5.97 Å². The molecule has 38 heavy (non-hydrogen) atoms. The molecule has 0 saturated carbocycles. The highest BCUT2D eigenvalue weighted by Gasteiger charge is 2.44. The van der Waals surface area contributed by atoms with E-state index >= 15 is 0 Å². The van der Waals surface area contributed by atoms with Gasteiger partial charge in [-0.05, 0) is 52.8 Å². The van der Waals surface area contributed by atoms with Crippen molar-refractivity contribution in [2.75, 3.05) is 19.5 Å². The average molecular weight is 551 g/mol.